The van der Waals surface area contributed by atoms with Gasteiger partial charge in [-0.3, -0.25) is 0 Å². The van der Waals surface area contributed by atoms with Crippen molar-refractivity contribution in [1.82, 2.24) is 9.13 Å². The molecule has 0 aliphatic heterocycles. The lowest BCUT2D eigenvalue weighted by Gasteiger charge is -2.11. The molecule has 0 saturated carbocycles. The minimum Gasteiger partial charge on any atom is -0.309 e. The SMILES string of the molecule is [2H]c1cc([2H])c([2H])c(-c2c([2H])cc([2H])c(-c3c([2H])c([2H])c([2H])c4sc5c([2H])cc(-n6c7cc([2H])c([2H])c([2H])c7c7c([2H])c(-c8cc([2H])c([2H])c9c8c8cc([2H])c([2H])c([2H])c8n9-c8ccccc8)c([2H])c([2H])c76)cc5c34)c2[2H])c1. The van der Waals surface area contributed by atoms with Gasteiger partial charge in [0.15, 0.2) is 0 Å². The summed E-state index contributed by atoms with van der Waals surface area (Å²) in [5.41, 5.74) is -0.532. The number of benzene rings is 9. The Balaban J connectivity index is 1.20. The molecule has 0 saturated heterocycles. The number of nitrogens with zero attached hydrogens (tertiary/aromatic N) is 2. The minimum absolute atomic E-state index is 0.00263. The Hall–Kier alpha value is -7.20. The fourth-order valence-corrected chi connectivity index (χ4v) is 8.71. The molecule has 12 rings (SSSR count). The Bertz CT molecular complexity index is 4750. The van der Waals surface area contributed by atoms with Crippen LogP contribution in [-0.4, -0.2) is 9.13 Å². The van der Waals surface area contributed by atoms with E-state index in [0.717, 1.165) is 23.5 Å². The molecule has 0 fully saturated rings. The third kappa shape index (κ3) is 4.96. The highest BCUT2D eigenvalue weighted by molar-refractivity contribution is 7.26. The third-order valence-corrected chi connectivity index (χ3v) is 11.2. The van der Waals surface area contributed by atoms with Crippen LogP contribution < -0.4 is 0 Å². The van der Waals surface area contributed by atoms with E-state index in [9.17, 15) is 11.0 Å². The standard InChI is InChI=1S/C54H34N2S/c1-3-14-35(15-4-1)36-16-11-17-37(32-36)42-23-13-27-52-54(42)46-34-40(29-31-51(46)57-52)56-47-24-9-7-20-43(47)45-33-38(28-30-49(45)56)41-22-12-26-50-53(41)44-21-8-10-25-48(44)55(50)39-18-5-2-6-19-39/h1-34H/i3D,4D,7D,8D,9D,10D,12D,13D,14D,16D,17D,20D,23D,25D,26D,27D,28D,30D,31D,32D,33D. The van der Waals surface area contributed by atoms with Crippen LogP contribution in [0.15, 0.2) is 206 Å². The van der Waals surface area contributed by atoms with Crippen LogP contribution in [-0.2, 0) is 0 Å². The minimum atomic E-state index is -0.583. The maximum absolute atomic E-state index is 10.1. The molecule has 57 heavy (non-hydrogen) atoms. The van der Waals surface area contributed by atoms with Gasteiger partial charge in [-0.05, 0) is 106 Å². The summed E-state index contributed by atoms with van der Waals surface area (Å²) in [4.78, 5) is 0. The van der Waals surface area contributed by atoms with Crippen molar-refractivity contribution < 1.29 is 28.8 Å². The largest absolute Gasteiger partial charge is 0.309 e. The van der Waals surface area contributed by atoms with Crippen molar-refractivity contribution in [2.24, 2.45) is 0 Å². The Morgan fingerprint density at radius 1 is 0.368 bits per heavy atom. The fourth-order valence-electron chi connectivity index (χ4n) is 7.70. The van der Waals surface area contributed by atoms with E-state index in [0.29, 0.717) is 5.69 Å². The van der Waals surface area contributed by atoms with Crippen molar-refractivity contribution in [2.45, 2.75) is 0 Å². The highest BCUT2D eigenvalue weighted by Crippen LogP contribution is 2.44. The van der Waals surface area contributed by atoms with Crippen LogP contribution in [0.25, 0.3) is 109 Å². The lowest BCUT2D eigenvalue weighted by molar-refractivity contribution is 1.18. The van der Waals surface area contributed by atoms with E-state index in [1.165, 1.54) is 45.5 Å². The number of thiophene rings is 1. The van der Waals surface area contributed by atoms with E-state index in [-0.39, 0.29) is 151 Å². The Kier molecular flexibility index (Phi) is 3.94. The molecule has 0 spiro atoms. The second-order valence-electron chi connectivity index (χ2n) is 13.2. The average Bonchev–Trinajstić information content (AvgIpc) is 3.15. The van der Waals surface area contributed by atoms with Crippen molar-refractivity contribution >= 4 is 75.1 Å². The zero-order chi connectivity index (χ0) is 55.7. The monoisotopic (exact) mass is 763 g/mol. The normalized spacial score (nSPS) is 17.0. The highest BCUT2D eigenvalue weighted by atomic mass is 32.1. The molecular weight excluding hydrogens is 709 g/mol. The first-order chi connectivity index (χ1) is 37.0. The number of rotatable bonds is 5. The van der Waals surface area contributed by atoms with Gasteiger partial charge in [-0.2, -0.15) is 0 Å². The average molecular weight is 764 g/mol. The number of hydrogen-bond acceptors (Lipinski definition) is 1. The summed E-state index contributed by atoms with van der Waals surface area (Å²) in [6, 6.07) is 9.93. The number of para-hydroxylation sites is 3. The Morgan fingerprint density at radius 2 is 1.21 bits per heavy atom. The molecule has 9 aromatic carbocycles. The zero-order valence-electron chi connectivity index (χ0n) is 50.3. The van der Waals surface area contributed by atoms with E-state index in [4.69, 9.17) is 17.8 Å². The Morgan fingerprint density at radius 3 is 2.18 bits per heavy atom. The fraction of sp³-hybridized carbons (Fsp3) is 0. The van der Waals surface area contributed by atoms with E-state index < -0.39 is 78.6 Å². The summed E-state index contributed by atoms with van der Waals surface area (Å²) < 4.78 is 195. The van der Waals surface area contributed by atoms with E-state index in [1.54, 1.807) is 30.3 Å². The van der Waals surface area contributed by atoms with Gasteiger partial charge in [-0.1, -0.05) is 133 Å². The van der Waals surface area contributed by atoms with E-state index in [1.807, 2.05) is 0 Å². The van der Waals surface area contributed by atoms with Crippen LogP contribution >= 0.6 is 11.3 Å². The summed E-state index contributed by atoms with van der Waals surface area (Å²) in [6.07, 6.45) is 0. The summed E-state index contributed by atoms with van der Waals surface area (Å²) in [6.45, 7) is 0. The molecule has 0 amide bonds. The number of fused-ring (bicyclic) bond motifs is 9. The Labute approximate surface area is 363 Å². The van der Waals surface area contributed by atoms with Crippen LogP contribution in [0, 0.1) is 0 Å². The molecule has 3 aromatic heterocycles. The van der Waals surface area contributed by atoms with Crippen molar-refractivity contribution in [3.05, 3.63) is 206 Å². The molecule has 0 bridgehead atoms. The second kappa shape index (κ2) is 12.7. The van der Waals surface area contributed by atoms with Gasteiger partial charge >= 0.3 is 0 Å². The molecule has 0 atom stereocenters. The summed E-state index contributed by atoms with van der Waals surface area (Å²) in [5.74, 6) is 0. The smallest absolute Gasteiger partial charge is 0.0645 e. The van der Waals surface area contributed by atoms with E-state index in [2.05, 4.69) is 0 Å². The molecule has 0 radical (unpaired) electrons. The zero-order valence-corrected chi connectivity index (χ0v) is 30.1. The van der Waals surface area contributed by atoms with Gasteiger partial charge in [0.1, 0.15) is 0 Å². The summed E-state index contributed by atoms with van der Waals surface area (Å²) in [5, 5.41) is 0.325. The first kappa shape index (κ1) is 17.7. The maximum atomic E-state index is 10.1. The van der Waals surface area contributed by atoms with Crippen LogP contribution in [0.3, 0.4) is 0 Å². The molecule has 12 aromatic rings. The molecule has 0 aliphatic rings. The molecule has 0 aliphatic carbocycles. The van der Waals surface area contributed by atoms with Gasteiger partial charge in [0.05, 0.1) is 50.9 Å². The number of aromatic nitrogens is 2. The third-order valence-electron chi connectivity index (χ3n) is 10.1. The van der Waals surface area contributed by atoms with Gasteiger partial charge < -0.3 is 9.13 Å². The van der Waals surface area contributed by atoms with Gasteiger partial charge in [0.2, 0.25) is 0 Å². The first-order valence-corrected chi connectivity index (χ1v) is 18.6. The number of hydrogen-bond donors (Lipinski definition) is 0. The van der Waals surface area contributed by atoms with Crippen LogP contribution in [0.5, 0.6) is 0 Å². The quantitative estimate of drug-likeness (QED) is 0.165. The second-order valence-corrected chi connectivity index (χ2v) is 14.3. The maximum Gasteiger partial charge on any atom is 0.0645 e. The van der Waals surface area contributed by atoms with Gasteiger partial charge in [0.25, 0.3) is 0 Å². The van der Waals surface area contributed by atoms with Crippen molar-refractivity contribution in [1.29, 1.82) is 0 Å². The molecule has 3 heteroatoms. The van der Waals surface area contributed by atoms with Gasteiger partial charge in [0, 0.05) is 53.1 Å². The van der Waals surface area contributed by atoms with Crippen molar-refractivity contribution in [3.8, 4) is 44.8 Å². The first-order valence-electron chi connectivity index (χ1n) is 28.3. The predicted molar refractivity (Wildman–Crippen MR) is 244 cm³/mol. The summed E-state index contributed by atoms with van der Waals surface area (Å²) in [7, 11) is 0. The molecule has 266 valence electrons. The predicted octanol–water partition coefficient (Wildman–Crippen LogP) is 15.2. The van der Waals surface area contributed by atoms with Crippen molar-refractivity contribution in [2.75, 3.05) is 0 Å². The van der Waals surface area contributed by atoms with Gasteiger partial charge in [-0.15, -0.1) is 11.3 Å². The molecule has 0 N–H and O–H groups in total. The highest BCUT2D eigenvalue weighted by Gasteiger charge is 2.19. The van der Waals surface area contributed by atoms with E-state index >= 15 is 0 Å². The molecule has 3 heterocycles. The molecule has 0 unspecified atom stereocenters. The lowest BCUT2D eigenvalue weighted by Crippen LogP contribution is -1.93. The van der Waals surface area contributed by atoms with Crippen LogP contribution in [0.1, 0.15) is 28.8 Å². The topological polar surface area (TPSA) is 9.86 Å². The van der Waals surface area contributed by atoms with Crippen molar-refractivity contribution in [3.63, 3.8) is 0 Å². The molecular formula is C54H34N2S. The lowest BCUT2D eigenvalue weighted by atomic mass is 9.96. The van der Waals surface area contributed by atoms with Crippen LogP contribution in [0.4, 0.5) is 0 Å². The van der Waals surface area contributed by atoms with Gasteiger partial charge in [-0.25, -0.2) is 0 Å². The van der Waals surface area contributed by atoms with Crippen LogP contribution in [0.2, 0.25) is 0 Å². The molecule has 2 nitrogen and oxygen atoms in total. The summed E-state index contributed by atoms with van der Waals surface area (Å²) >= 11 is 0.930.